The lowest BCUT2D eigenvalue weighted by Crippen LogP contribution is -2.60. The van der Waals surface area contributed by atoms with Crippen LogP contribution < -0.4 is 9.47 Å². The molecule has 1 aromatic carbocycles. The van der Waals surface area contributed by atoms with Crippen molar-refractivity contribution < 1.29 is 19.1 Å². The molecule has 5 aliphatic heterocycles. The van der Waals surface area contributed by atoms with E-state index in [1.54, 1.807) is 19.0 Å². The van der Waals surface area contributed by atoms with Crippen molar-refractivity contribution in [2.75, 3.05) is 40.5 Å². The Morgan fingerprint density at radius 3 is 2.59 bits per heavy atom. The minimum Gasteiger partial charge on any atom is -0.454 e. The number of nitrogens with zero attached hydrogens (tertiary/aromatic N) is 3. The minimum atomic E-state index is 0.00957. The van der Waals surface area contributed by atoms with Crippen LogP contribution in [0.1, 0.15) is 37.2 Å². The van der Waals surface area contributed by atoms with Gasteiger partial charge in [-0.15, -0.1) is 0 Å². The number of piperidine rings is 3. The molecule has 4 saturated heterocycles. The third-order valence-corrected chi connectivity index (χ3v) is 7.19. The van der Waals surface area contributed by atoms with Crippen LogP contribution in [0.4, 0.5) is 0 Å². The van der Waals surface area contributed by atoms with E-state index in [4.69, 9.17) is 9.47 Å². The van der Waals surface area contributed by atoms with Gasteiger partial charge in [0.05, 0.1) is 6.04 Å². The van der Waals surface area contributed by atoms with Crippen LogP contribution in [0.3, 0.4) is 0 Å². The van der Waals surface area contributed by atoms with Gasteiger partial charge in [0.25, 0.3) is 0 Å². The van der Waals surface area contributed by atoms with Crippen molar-refractivity contribution in [3.8, 4) is 11.5 Å². The normalized spacial score (nSPS) is 31.7. The summed E-state index contributed by atoms with van der Waals surface area (Å²) in [5.74, 6) is 2.56. The molecule has 7 nitrogen and oxygen atoms in total. The van der Waals surface area contributed by atoms with E-state index in [0.29, 0.717) is 18.4 Å². The smallest absolute Gasteiger partial charge is 0.231 e. The van der Waals surface area contributed by atoms with Crippen molar-refractivity contribution in [2.24, 2.45) is 5.92 Å². The van der Waals surface area contributed by atoms with E-state index in [1.165, 1.54) is 5.56 Å². The SMILES string of the molecule is CN(C)C(=O)CCC(=O)N1C[C@H](c2ccc3c(c2)OCO3)[C@H]2[C@@H]1C1CCN2CC1. The van der Waals surface area contributed by atoms with Gasteiger partial charge < -0.3 is 19.3 Å². The molecule has 5 heterocycles. The number of carbonyl (C=O) groups excluding carboxylic acids is 2. The fourth-order valence-electron chi connectivity index (χ4n) is 5.72. The largest absolute Gasteiger partial charge is 0.454 e. The van der Waals surface area contributed by atoms with E-state index in [0.717, 1.165) is 44.0 Å². The molecule has 29 heavy (non-hydrogen) atoms. The molecule has 7 heteroatoms. The third kappa shape index (κ3) is 3.16. The third-order valence-electron chi connectivity index (χ3n) is 7.19. The summed E-state index contributed by atoms with van der Waals surface area (Å²) in [5, 5.41) is 0. The number of likely N-dealkylation sites (tertiary alicyclic amines) is 1. The van der Waals surface area contributed by atoms with Gasteiger partial charge in [0.1, 0.15) is 0 Å². The monoisotopic (exact) mass is 399 g/mol. The van der Waals surface area contributed by atoms with Crippen LogP contribution in [-0.2, 0) is 9.59 Å². The topological polar surface area (TPSA) is 62.3 Å². The lowest BCUT2D eigenvalue weighted by atomic mass is 9.75. The number of benzene rings is 1. The zero-order valence-electron chi connectivity index (χ0n) is 17.2. The van der Waals surface area contributed by atoms with E-state index in [1.807, 2.05) is 6.07 Å². The highest BCUT2D eigenvalue weighted by molar-refractivity contribution is 5.84. The highest BCUT2D eigenvalue weighted by Crippen LogP contribution is 2.48. The molecule has 2 bridgehead atoms. The molecule has 0 N–H and O–H groups in total. The van der Waals surface area contributed by atoms with Crippen molar-refractivity contribution >= 4 is 11.8 Å². The Balaban J connectivity index is 1.40. The van der Waals surface area contributed by atoms with Gasteiger partial charge in [0.2, 0.25) is 18.6 Å². The second-order valence-electron chi connectivity index (χ2n) is 8.91. The van der Waals surface area contributed by atoms with Crippen molar-refractivity contribution in [3.63, 3.8) is 0 Å². The summed E-state index contributed by atoms with van der Waals surface area (Å²) in [6, 6.07) is 6.83. The average molecular weight is 399 g/mol. The van der Waals surface area contributed by atoms with Crippen LogP contribution in [0, 0.1) is 5.92 Å². The van der Waals surface area contributed by atoms with Crippen LogP contribution in [0.15, 0.2) is 18.2 Å². The van der Waals surface area contributed by atoms with Gasteiger partial charge in [-0.2, -0.15) is 0 Å². The molecule has 3 atom stereocenters. The Labute approximate surface area is 171 Å². The van der Waals surface area contributed by atoms with Gasteiger partial charge in [0.15, 0.2) is 11.5 Å². The van der Waals surface area contributed by atoms with Crippen LogP contribution in [0.25, 0.3) is 0 Å². The van der Waals surface area contributed by atoms with Gasteiger partial charge in [-0.3, -0.25) is 14.5 Å². The second kappa shape index (κ2) is 7.20. The van der Waals surface area contributed by atoms with Gasteiger partial charge >= 0.3 is 0 Å². The first-order valence-corrected chi connectivity index (χ1v) is 10.7. The molecule has 0 spiro atoms. The van der Waals surface area contributed by atoms with Crippen molar-refractivity contribution in [2.45, 2.75) is 43.7 Å². The van der Waals surface area contributed by atoms with Gasteiger partial charge in [0, 0.05) is 45.4 Å². The first kappa shape index (κ1) is 18.7. The summed E-state index contributed by atoms with van der Waals surface area (Å²) in [6.07, 6.45) is 2.90. The average Bonchev–Trinajstić information content (AvgIpc) is 3.37. The molecule has 0 aliphatic carbocycles. The van der Waals surface area contributed by atoms with Crippen LogP contribution in [-0.4, -0.2) is 79.1 Å². The molecule has 0 radical (unpaired) electrons. The molecule has 0 saturated carbocycles. The zero-order valence-corrected chi connectivity index (χ0v) is 17.2. The molecule has 1 aromatic rings. The Hall–Kier alpha value is -2.28. The maximum Gasteiger partial charge on any atom is 0.231 e. The first-order chi connectivity index (χ1) is 14.0. The van der Waals surface area contributed by atoms with Crippen LogP contribution >= 0.6 is 0 Å². The van der Waals surface area contributed by atoms with Gasteiger partial charge in [-0.05, 0) is 49.5 Å². The Morgan fingerprint density at radius 1 is 1.07 bits per heavy atom. The highest BCUT2D eigenvalue weighted by Gasteiger charge is 2.54. The van der Waals surface area contributed by atoms with E-state index in [2.05, 4.69) is 21.9 Å². The number of carbonyl (C=O) groups is 2. The summed E-state index contributed by atoms with van der Waals surface area (Å²) < 4.78 is 11.1. The van der Waals surface area contributed by atoms with E-state index in [9.17, 15) is 9.59 Å². The number of fused-ring (bicyclic) bond motifs is 3. The Bertz CT molecular complexity index is 818. The molecule has 6 rings (SSSR count). The van der Waals surface area contributed by atoms with Gasteiger partial charge in [-0.1, -0.05) is 6.07 Å². The van der Waals surface area contributed by atoms with E-state index in [-0.39, 0.29) is 37.0 Å². The van der Waals surface area contributed by atoms with E-state index >= 15 is 0 Å². The zero-order chi connectivity index (χ0) is 20.1. The fourth-order valence-corrected chi connectivity index (χ4v) is 5.72. The molecule has 2 amide bonds. The maximum absolute atomic E-state index is 13.2. The predicted octanol–water partition coefficient (Wildman–Crippen LogP) is 1.67. The number of ether oxygens (including phenoxy) is 2. The predicted molar refractivity (Wildman–Crippen MR) is 107 cm³/mol. The molecule has 156 valence electrons. The van der Waals surface area contributed by atoms with Crippen molar-refractivity contribution in [1.82, 2.24) is 14.7 Å². The standard InChI is InChI=1S/C22H29N3O4/c1-23(2)19(26)5-6-20(27)25-12-16(15-3-4-17-18(11-15)29-13-28-17)22-21(25)14-7-9-24(22)10-8-14/h3-4,11,14,16,21-22H,5-10,12-13H2,1-2H3/t16-,21+,22+/m1/s1. The summed E-state index contributed by atoms with van der Waals surface area (Å²) in [7, 11) is 3.48. The summed E-state index contributed by atoms with van der Waals surface area (Å²) in [4.78, 5) is 31.4. The number of hydrogen-bond donors (Lipinski definition) is 0. The number of hydrogen-bond acceptors (Lipinski definition) is 5. The molecular weight excluding hydrogens is 370 g/mol. The Morgan fingerprint density at radius 2 is 1.83 bits per heavy atom. The van der Waals surface area contributed by atoms with Crippen LogP contribution in [0.5, 0.6) is 11.5 Å². The lowest BCUT2D eigenvalue weighted by Gasteiger charge is -2.51. The maximum atomic E-state index is 13.2. The molecular formula is C22H29N3O4. The first-order valence-electron chi connectivity index (χ1n) is 10.7. The molecule has 0 unspecified atom stereocenters. The lowest BCUT2D eigenvalue weighted by molar-refractivity contribution is -0.139. The molecule has 0 aromatic heterocycles. The molecule has 5 aliphatic rings. The summed E-state index contributed by atoms with van der Waals surface area (Å²) in [5.41, 5.74) is 1.22. The summed E-state index contributed by atoms with van der Waals surface area (Å²) >= 11 is 0. The number of amides is 2. The summed E-state index contributed by atoms with van der Waals surface area (Å²) in [6.45, 7) is 3.23. The Kier molecular flexibility index (Phi) is 4.65. The van der Waals surface area contributed by atoms with Crippen molar-refractivity contribution in [3.05, 3.63) is 23.8 Å². The minimum absolute atomic E-state index is 0.00957. The fraction of sp³-hybridized carbons (Fsp3) is 0.636. The highest BCUT2D eigenvalue weighted by atomic mass is 16.7. The van der Waals surface area contributed by atoms with Crippen LogP contribution in [0.2, 0.25) is 0 Å². The van der Waals surface area contributed by atoms with E-state index < -0.39 is 0 Å². The number of rotatable bonds is 4. The van der Waals surface area contributed by atoms with Crippen molar-refractivity contribution in [1.29, 1.82) is 0 Å². The second-order valence-corrected chi connectivity index (χ2v) is 8.91. The van der Waals surface area contributed by atoms with Gasteiger partial charge in [-0.25, -0.2) is 0 Å². The molecule has 4 fully saturated rings. The quantitative estimate of drug-likeness (QED) is 0.771.